The van der Waals surface area contributed by atoms with Crippen LogP contribution in [-0.2, 0) is 0 Å². The van der Waals surface area contributed by atoms with Crippen molar-refractivity contribution in [1.82, 2.24) is 0 Å². The van der Waals surface area contributed by atoms with Crippen LogP contribution in [0.5, 0.6) is 5.75 Å². The van der Waals surface area contributed by atoms with Gasteiger partial charge in [0.2, 0.25) is 0 Å². The topological polar surface area (TPSA) is 50.1 Å². The van der Waals surface area contributed by atoms with E-state index in [0.717, 1.165) is 0 Å². The third-order valence-electron chi connectivity index (χ3n) is 2.85. The lowest BCUT2D eigenvalue weighted by Crippen LogP contribution is -2.12. The van der Waals surface area contributed by atoms with E-state index >= 15 is 0 Å². The summed E-state index contributed by atoms with van der Waals surface area (Å²) in [5.41, 5.74) is 1.37. The fourth-order valence-corrected chi connectivity index (χ4v) is 1.69. The smallest absolute Gasteiger partial charge is 0.200 e. The molecule has 0 atom stereocenters. The van der Waals surface area contributed by atoms with Crippen LogP contribution in [0.2, 0.25) is 0 Å². The van der Waals surface area contributed by atoms with Crippen molar-refractivity contribution in [2.24, 2.45) is 0 Å². The van der Waals surface area contributed by atoms with Crippen LogP contribution in [0.25, 0.3) is 0 Å². The van der Waals surface area contributed by atoms with Gasteiger partial charge in [0.25, 0.3) is 0 Å². The van der Waals surface area contributed by atoms with Gasteiger partial charge in [0, 0.05) is 5.56 Å². The van der Waals surface area contributed by atoms with Gasteiger partial charge in [-0.15, -0.1) is 0 Å². The monoisotopic (exact) mass is 269 g/mol. The summed E-state index contributed by atoms with van der Waals surface area (Å²) < 4.78 is 18.9. The van der Waals surface area contributed by atoms with E-state index in [2.05, 4.69) is 0 Å². The predicted octanol–water partition coefficient (Wildman–Crippen LogP) is 3.27. The molecular weight excluding hydrogens is 257 g/mol. The van der Waals surface area contributed by atoms with Crippen LogP contribution in [0.15, 0.2) is 42.5 Å². The third-order valence-corrected chi connectivity index (χ3v) is 2.85. The molecule has 0 aliphatic rings. The fraction of sp³-hybridized carbons (Fsp3) is 0.125. The number of ketones is 1. The van der Waals surface area contributed by atoms with Crippen molar-refractivity contribution in [3.63, 3.8) is 0 Å². The van der Waals surface area contributed by atoms with Crippen LogP contribution in [0.3, 0.4) is 0 Å². The van der Waals surface area contributed by atoms with Gasteiger partial charge in [-0.1, -0.05) is 12.1 Å². The Morgan fingerprint density at radius 2 is 1.95 bits per heavy atom. The van der Waals surface area contributed by atoms with Crippen LogP contribution >= 0.6 is 0 Å². The molecule has 4 heteroatoms. The van der Waals surface area contributed by atoms with Crippen molar-refractivity contribution >= 4 is 5.78 Å². The van der Waals surface area contributed by atoms with E-state index in [1.54, 1.807) is 43.3 Å². The summed E-state index contributed by atoms with van der Waals surface area (Å²) in [5, 5.41) is 8.67. The van der Waals surface area contributed by atoms with Crippen LogP contribution in [-0.4, -0.2) is 12.4 Å². The Kier molecular flexibility index (Phi) is 4.11. The van der Waals surface area contributed by atoms with Crippen molar-refractivity contribution in [3.05, 3.63) is 65.0 Å². The van der Waals surface area contributed by atoms with Crippen LogP contribution < -0.4 is 4.74 Å². The summed E-state index contributed by atoms with van der Waals surface area (Å²) in [6.45, 7) is 1.39. The Bertz CT molecular complexity index is 672. The highest BCUT2D eigenvalue weighted by molar-refractivity contribution is 5.97. The molecule has 2 aromatic carbocycles. The molecule has 0 N–H and O–H groups in total. The molecule has 0 saturated carbocycles. The molecule has 0 bridgehead atoms. The molecule has 0 unspecified atom stereocenters. The normalized spacial score (nSPS) is 9.85. The van der Waals surface area contributed by atoms with Gasteiger partial charge >= 0.3 is 0 Å². The molecule has 0 aromatic heterocycles. The minimum absolute atomic E-state index is 0.0620. The summed E-state index contributed by atoms with van der Waals surface area (Å²) >= 11 is 0. The molecule has 0 spiro atoms. The van der Waals surface area contributed by atoms with Crippen LogP contribution in [0.4, 0.5) is 4.39 Å². The average molecular weight is 269 g/mol. The van der Waals surface area contributed by atoms with Crippen LogP contribution in [0, 0.1) is 24.1 Å². The van der Waals surface area contributed by atoms with E-state index < -0.39 is 5.82 Å². The van der Waals surface area contributed by atoms with Gasteiger partial charge in [0.15, 0.2) is 24.0 Å². The molecule has 2 rings (SSSR count). The summed E-state index contributed by atoms with van der Waals surface area (Å²) in [6, 6.07) is 13.0. The van der Waals surface area contributed by atoms with E-state index in [1.807, 2.05) is 6.07 Å². The fourth-order valence-electron chi connectivity index (χ4n) is 1.69. The quantitative estimate of drug-likeness (QED) is 0.800. The Morgan fingerprint density at radius 3 is 2.60 bits per heavy atom. The van der Waals surface area contributed by atoms with E-state index in [0.29, 0.717) is 16.7 Å². The molecular formula is C16H12FNO2. The molecule has 20 heavy (non-hydrogen) atoms. The van der Waals surface area contributed by atoms with Gasteiger partial charge < -0.3 is 4.74 Å². The number of hydrogen-bond donors (Lipinski definition) is 0. The highest BCUT2D eigenvalue weighted by atomic mass is 19.1. The lowest BCUT2D eigenvalue weighted by molar-refractivity contribution is 0.0918. The van der Waals surface area contributed by atoms with Gasteiger partial charge in [0.05, 0.1) is 11.6 Å². The minimum Gasteiger partial charge on any atom is -0.482 e. The predicted molar refractivity (Wildman–Crippen MR) is 72.1 cm³/mol. The van der Waals surface area contributed by atoms with E-state index in [1.165, 1.54) is 6.07 Å². The minimum atomic E-state index is -0.458. The SMILES string of the molecule is Cc1cccc(OCC(=O)c2ccc(C#N)cc2)c1F. The van der Waals surface area contributed by atoms with Gasteiger partial charge in [-0.2, -0.15) is 5.26 Å². The first-order chi connectivity index (χ1) is 9.61. The first-order valence-electron chi connectivity index (χ1n) is 6.03. The molecule has 0 fully saturated rings. The first-order valence-corrected chi connectivity index (χ1v) is 6.03. The third kappa shape index (κ3) is 3.01. The van der Waals surface area contributed by atoms with E-state index in [4.69, 9.17) is 10.00 Å². The Labute approximate surface area is 116 Å². The van der Waals surface area contributed by atoms with Crippen molar-refractivity contribution in [2.75, 3.05) is 6.61 Å². The first kappa shape index (κ1) is 13.8. The standard InChI is InChI=1S/C16H12FNO2/c1-11-3-2-4-15(16(11)17)20-10-14(19)13-7-5-12(9-18)6-8-13/h2-8H,10H2,1H3. The van der Waals surface area contributed by atoms with Gasteiger partial charge in [0.1, 0.15) is 0 Å². The Morgan fingerprint density at radius 1 is 1.25 bits per heavy atom. The van der Waals surface area contributed by atoms with Crippen molar-refractivity contribution < 1.29 is 13.9 Å². The number of carbonyl (C=O) groups is 1. The maximum absolute atomic E-state index is 13.7. The summed E-state index contributed by atoms with van der Waals surface area (Å²) in [6.07, 6.45) is 0. The molecule has 3 nitrogen and oxygen atoms in total. The molecule has 0 aliphatic carbocycles. The second kappa shape index (κ2) is 5.98. The summed E-state index contributed by atoms with van der Waals surface area (Å²) in [5.74, 6) is -0.664. The largest absolute Gasteiger partial charge is 0.482 e. The lowest BCUT2D eigenvalue weighted by atomic mass is 10.1. The highest BCUT2D eigenvalue weighted by Gasteiger charge is 2.10. The lowest BCUT2D eigenvalue weighted by Gasteiger charge is -2.08. The number of rotatable bonds is 4. The second-order valence-electron chi connectivity index (χ2n) is 4.29. The summed E-state index contributed by atoms with van der Waals surface area (Å²) in [7, 11) is 0. The number of hydrogen-bond acceptors (Lipinski definition) is 3. The molecule has 0 aliphatic heterocycles. The van der Waals surface area contributed by atoms with Gasteiger partial charge in [-0.05, 0) is 42.8 Å². The van der Waals surface area contributed by atoms with Gasteiger partial charge in [-0.25, -0.2) is 4.39 Å². The Hall–Kier alpha value is -2.67. The molecule has 0 heterocycles. The van der Waals surface area contributed by atoms with Crippen molar-refractivity contribution in [2.45, 2.75) is 6.92 Å². The maximum atomic E-state index is 13.7. The number of nitrogens with zero attached hydrogens (tertiary/aromatic N) is 1. The number of carbonyl (C=O) groups excluding carboxylic acids is 1. The van der Waals surface area contributed by atoms with Gasteiger partial charge in [-0.3, -0.25) is 4.79 Å². The number of halogens is 1. The van der Waals surface area contributed by atoms with E-state index in [-0.39, 0.29) is 18.1 Å². The number of aryl methyl sites for hydroxylation is 1. The average Bonchev–Trinajstić information content (AvgIpc) is 2.48. The zero-order valence-electron chi connectivity index (χ0n) is 10.9. The number of nitriles is 1. The second-order valence-corrected chi connectivity index (χ2v) is 4.29. The highest BCUT2D eigenvalue weighted by Crippen LogP contribution is 2.19. The molecule has 0 amide bonds. The molecule has 0 saturated heterocycles. The van der Waals surface area contributed by atoms with E-state index in [9.17, 15) is 9.18 Å². The number of ether oxygens (including phenoxy) is 1. The maximum Gasteiger partial charge on any atom is 0.200 e. The molecule has 2 aromatic rings. The summed E-state index contributed by atoms with van der Waals surface area (Å²) in [4.78, 5) is 11.9. The number of Topliss-reactive ketones (excluding diaryl/α,β-unsaturated/α-hetero) is 1. The zero-order valence-corrected chi connectivity index (χ0v) is 10.9. The van der Waals surface area contributed by atoms with Crippen molar-refractivity contribution in [3.8, 4) is 11.8 Å². The van der Waals surface area contributed by atoms with Crippen LogP contribution in [0.1, 0.15) is 21.5 Å². The molecule has 100 valence electrons. The Balaban J connectivity index is 2.05. The molecule has 0 radical (unpaired) electrons. The zero-order chi connectivity index (χ0) is 14.5. The van der Waals surface area contributed by atoms with Crippen molar-refractivity contribution in [1.29, 1.82) is 5.26 Å². The number of benzene rings is 2.